The number of carbonyl (C=O) groups is 1. The molecule has 1 N–H and O–H groups in total. The van der Waals surface area contributed by atoms with Gasteiger partial charge in [0.2, 0.25) is 0 Å². The highest BCUT2D eigenvalue weighted by Gasteiger charge is 2.31. The number of aromatic amines is 1. The lowest BCUT2D eigenvalue weighted by Crippen LogP contribution is -2.20. The minimum atomic E-state index is -3.48. The maximum atomic E-state index is 15.0. The fourth-order valence-corrected chi connectivity index (χ4v) is 5.56. The quantitative estimate of drug-likeness (QED) is 0.405. The number of aromatic nitrogens is 2. The second-order valence-electron chi connectivity index (χ2n) is 8.59. The van der Waals surface area contributed by atoms with E-state index in [0.717, 1.165) is 18.4 Å². The number of nitrogens with one attached hydrogen (secondary N) is 1. The van der Waals surface area contributed by atoms with Crippen LogP contribution in [0.25, 0.3) is 22.0 Å². The smallest absolute Gasteiger partial charge is 0.274 e. The Balaban J connectivity index is 1.94. The molecule has 0 bridgehead atoms. The Morgan fingerprint density at radius 1 is 1.17 bits per heavy atom. The first-order chi connectivity index (χ1) is 16.4. The number of nitrogens with zero attached hydrogens (tertiary/aromatic N) is 2. The summed E-state index contributed by atoms with van der Waals surface area (Å²) in [5.41, 5.74) is 2.04. The van der Waals surface area contributed by atoms with Crippen LogP contribution in [-0.2, 0) is 29.2 Å². The number of fused-ring (bicyclic) bond motifs is 2. The monoisotopic (exact) mass is 517 g/mol. The van der Waals surface area contributed by atoms with Gasteiger partial charge in [-0.25, -0.2) is 17.2 Å². The third-order valence-electron chi connectivity index (χ3n) is 5.99. The summed E-state index contributed by atoms with van der Waals surface area (Å²) in [6.45, 7) is 0.0261. The van der Waals surface area contributed by atoms with Crippen molar-refractivity contribution in [2.45, 2.75) is 12.3 Å². The van der Waals surface area contributed by atoms with Crippen LogP contribution >= 0.6 is 11.6 Å². The standard InChI is InChI=1S/C24H18ClF2N3O4S/c1-29-10-17-15-5-12(11-35(2,33)34)6-16(23(25)31)22(15)30(19-4-3-14(26)7-18(19)27)9-13-8-28-21(20(13)17)24(29)32/h3-8,10,28H,9,11H2,1-2H3. The topological polar surface area (TPSA) is 92.2 Å². The summed E-state index contributed by atoms with van der Waals surface area (Å²) < 4.78 is 54.2. The Morgan fingerprint density at radius 3 is 2.57 bits per heavy atom. The SMILES string of the molecule is Cn1cc2c3c(c[nH]c3c1=O)CN(c1ccc(F)cc1F)c1c(C(=O)Cl)cc(CS(C)(=O)=O)cc1-2. The van der Waals surface area contributed by atoms with Crippen LogP contribution < -0.4 is 10.5 Å². The lowest BCUT2D eigenvalue weighted by Gasteiger charge is -2.28. The highest BCUT2D eigenvalue weighted by molar-refractivity contribution is 7.89. The molecule has 0 aliphatic carbocycles. The second-order valence-corrected chi connectivity index (χ2v) is 11.1. The van der Waals surface area contributed by atoms with E-state index in [9.17, 15) is 22.4 Å². The third-order valence-corrected chi connectivity index (χ3v) is 7.05. The van der Waals surface area contributed by atoms with Gasteiger partial charge in [0, 0.05) is 48.3 Å². The van der Waals surface area contributed by atoms with Gasteiger partial charge < -0.3 is 14.5 Å². The summed E-state index contributed by atoms with van der Waals surface area (Å²) in [6, 6.07) is 6.04. The average molecular weight is 518 g/mol. The van der Waals surface area contributed by atoms with E-state index >= 15 is 4.39 Å². The van der Waals surface area contributed by atoms with Gasteiger partial charge in [0.25, 0.3) is 10.8 Å². The van der Waals surface area contributed by atoms with Gasteiger partial charge in [-0.05, 0) is 47.0 Å². The van der Waals surface area contributed by atoms with Gasteiger partial charge in [-0.2, -0.15) is 0 Å². The molecule has 2 aromatic carbocycles. The number of hydrogen-bond donors (Lipinski definition) is 1. The molecular formula is C24H18ClF2N3O4S. The number of benzene rings is 2. The molecule has 5 rings (SSSR count). The van der Waals surface area contributed by atoms with E-state index in [2.05, 4.69) is 4.98 Å². The average Bonchev–Trinajstić information content (AvgIpc) is 3.12. The van der Waals surface area contributed by atoms with Crippen molar-refractivity contribution in [1.29, 1.82) is 0 Å². The Hall–Kier alpha value is -3.50. The van der Waals surface area contributed by atoms with Crippen LogP contribution in [0.3, 0.4) is 0 Å². The molecule has 0 unspecified atom stereocenters. The first-order valence-electron chi connectivity index (χ1n) is 10.4. The Morgan fingerprint density at radius 2 is 1.91 bits per heavy atom. The molecule has 11 heteroatoms. The van der Waals surface area contributed by atoms with E-state index in [-0.39, 0.29) is 34.8 Å². The third kappa shape index (κ3) is 3.92. The van der Waals surface area contributed by atoms with Crippen molar-refractivity contribution in [1.82, 2.24) is 9.55 Å². The first kappa shape index (κ1) is 23.3. The molecule has 0 radical (unpaired) electrons. The molecule has 1 aliphatic heterocycles. The Kier molecular flexibility index (Phi) is 5.33. The molecular weight excluding hydrogens is 500 g/mol. The zero-order valence-electron chi connectivity index (χ0n) is 18.5. The number of anilines is 2. The highest BCUT2D eigenvalue weighted by Crippen LogP contribution is 2.46. The first-order valence-corrected chi connectivity index (χ1v) is 12.9. The van der Waals surface area contributed by atoms with Gasteiger partial charge >= 0.3 is 0 Å². The number of aryl methyl sites for hydroxylation is 1. The number of H-pyrrole nitrogens is 1. The van der Waals surface area contributed by atoms with Crippen molar-refractivity contribution in [3.8, 4) is 11.1 Å². The molecule has 0 amide bonds. The van der Waals surface area contributed by atoms with Gasteiger partial charge in [0.05, 0.1) is 29.2 Å². The van der Waals surface area contributed by atoms with Crippen LogP contribution in [0.1, 0.15) is 21.5 Å². The van der Waals surface area contributed by atoms with E-state index in [4.69, 9.17) is 11.6 Å². The van der Waals surface area contributed by atoms with Crippen LogP contribution in [0.5, 0.6) is 0 Å². The Bertz CT molecular complexity index is 1730. The van der Waals surface area contributed by atoms with Crippen LogP contribution in [-0.4, -0.2) is 29.5 Å². The van der Waals surface area contributed by atoms with Gasteiger partial charge in [0.1, 0.15) is 17.2 Å². The van der Waals surface area contributed by atoms with Crippen molar-refractivity contribution in [3.63, 3.8) is 0 Å². The van der Waals surface area contributed by atoms with E-state index in [0.29, 0.717) is 33.2 Å². The number of carbonyl (C=O) groups excluding carboxylic acids is 1. The zero-order valence-corrected chi connectivity index (χ0v) is 20.1. The highest BCUT2D eigenvalue weighted by atomic mass is 35.5. The van der Waals surface area contributed by atoms with Crippen molar-refractivity contribution in [2.24, 2.45) is 7.05 Å². The van der Waals surface area contributed by atoms with E-state index in [1.807, 2.05) is 0 Å². The summed E-state index contributed by atoms with van der Waals surface area (Å²) in [5, 5.41) is -0.317. The minimum Gasteiger partial charge on any atom is -0.356 e. The number of halogens is 3. The molecule has 0 saturated heterocycles. The van der Waals surface area contributed by atoms with Crippen LogP contribution in [0, 0.1) is 11.6 Å². The normalized spacial score (nSPS) is 13.1. The second kappa shape index (κ2) is 8.03. The van der Waals surface area contributed by atoms with E-state index < -0.39 is 26.7 Å². The lowest BCUT2D eigenvalue weighted by atomic mass is 9.96. The van der Waals surface area contributed by atoms with Crippen molar-refractivity contribution in [2.75, 3.05) is 11.2 Å². The summed E-state index contributed by atoms with van der Waals surface area (Å²) in [7, 11) is -1.92. The number of hydrogen-bond acceptors (Lipinski definition) is 5. The molecule has 0 fully saturated rings. The molecule has 180 valence electrons. The fraction of sp³-hybridized carbons (Fsp3) is 0.167. The summed E-state index contributed by atoms with van der Waals surface area (Å²) >= 11 is 5.97. The molecule has 1 aliphatic rings. The van der Waals surface area contributed by atoms with Crippen molar-refractivity contribution >= 4 is 49.0 Å². The molecule has 0 atom stereocenters. The van der Waals surface area contributed by atoms with Crippen LogP contribution in [0.15, 0.2) is 47.5 Å². The maximum absolute atomic E-state index is 15.0. The van der Waals surface area contributed by atoms with Crippen molar-refractivity contribution in [3.05, 3.63) is 81.4 Å². The van der Waals surface area contributed by atoms with Crippen molar-refractivity contribution < 1.29 is 22.0 Å². The van der Waals surface area contributed by atoms with E-state index in [1.165, 1.54) is 21.6 Å². The maximum Gasteiger partial charge on any atom is 0.274 e. The summed E-state index contributed by atoms with van der Waals surface area (Å²) in [4.78, 5) is 29.9. The summed E-state index contributed by atoms with van der Waals surface area (Å²) in [6.07, 6.45) is 4.27. The lowest BCUT2D eigenvalue weighted by molar-refractivity contribution is 0.108. The molecule has 2 aromatic heterocycles. The number of rotatable bonds is 4. The predicted octanol–water partition coefficient (Wildman–Crippen LogP) is 4.39. The van der Waals surface area contributed by atoms with Gasteiger partial charge in [-0.1, -0.05) is 0 Å². The minimum absolute atomic E-state index is 0.0171. The molecule has 0 spiro atoms. The molecule has 3 heterocycles. The number of pyridine rings is 1. The predicted molar refractivity (Wildman–Crippen MR) is 130 cm³/mol. The molecule has 35 heavy (non-hydrogen) atoms. The van der Waals surface area contributed by atoms with Crippen LogP contribution in [0.4, 0.5) is 20.2 Å². The van der Waals surface area contributed by atoms with Gasteiger partial charge in [-0.3, -0.25) is 9.59 Å². The molecule has 0 saturated carbocycles. The fourth-order valence-electron chi connectivity index (χ4n) is 4.64. The molecule has 7 nitrogen and oxygen atoms in total. The summed E-state index contributed by atoms with van der Waals surface area (Å²) in [5.74, 6) is -2.00. The number of sulfone groups is 1. The van der Waals surface area contributed by atoms with Gasteiger partial charge in [-0.15, -0.1) is 0 Å². The van der Waals surface area contributed by atoms with E-state index in [1.54, 1.807) is 25.5 Å². The van der Waals surface area contributed by atoms with Crippen LogP contribution in [0.2, 0.25) is 0 Å². The zero-order chi connectivity index (χ0) is 25.2. The largest absolute Gasteiger partial charge is 0.356 e. The van der Waals surface area contributed by atoms with Gasteiger partial charge in [0.15, 0.2) is 9.84 Å². The Labute approximate surface area is 203 Å². The molecule has 4 aromatic rings.